The number of rotatable bonds is 3. The zero-order chi connectivity index (χ0) is 20.9. The van der Waals surface area contributed by atoms with Gasteiger partial charge in [-0.05, 0) is 56.6 Å². The van der Waals surface area contributed by atoms with Gasteiger partial charge in [0, 0.05) is 5.92 Å². The number of anilines is 1. The van der Waals surface area contributed by atoms with Gasteiger partial charge in [-0.3, -0.25) is 4.79 Å². The second-order valence-corrected chi connectivity index (χ2v) is 10.2. The zero-order valence-electron chi connectivity index (χ0n) is 18.3. The predicted molar refractivity (Wildman–Crippen MR) is 115 cm³/mol. The van der Waals surface area contributed by atoms with E-state index in [1.807, 2.05) is 12.1 Å². The number of nitrogens with zero attached hydrogens (tertiary/aromatic N) is 1. The topological polar surface area (TPSA) is 34.0 Å². The summed E-state index contributed by atoms with van der Waals surface area (Å²) in [5.41, 5.74) is 4.11. The molecule has 3 fully saturated rings. The molecule has 4 atom stereocenters. The Morgan fingerprint density at radius 2 is 2.03 bits per heavy atom. The number of carbonyl (C=O) groups is 1. The van der Waals surface area contributed by atoms with E-state index in [2.05, 4.69) is 18.7 Å². The van der Waals surface area contributed by atoms with E-state index in [0.29, 0.717) is 11.6 Å². The number of nitrogens with one attached hydrogen (secondary N) is 1. The molecule has 1 aromatic carbocycles. The average molecular weight is 414 g/mol. The van der Waals surface area contributed by atoms with Crippen molar-refractivity contribution < 1.29 is 18.8 Å². The molecule has 0 spiro atoms. The Morgan fingerprint density at radius 3 is 2.80 bits per heavy atom. The van der Waals surface area contributed by atoms with Crippen LogP contribution < -0.4 is 9.80 Å². The lowest BCUT2D eigenvalue weighted by Crippen LogP contribution is -3.15. The third-order valence-electron chi connectivity index (χ3n) is 8.35. The zero-order valence-corrected chi connectivity index (χ0v) is 18.3. The third kappa shape index (κ3) is 3.45. The quantitative estimate of drug-likeness (QED) is 0.611. The van der Waals surface area contributed by atoms with Crippen LogP contribution in [0.3, 0.4) is 0 Å². The highest BCUT2D eigenvalue weighted by atomic mass is 19.1. The molecule has 2 saturated heterocycles. The summed E-state index contributed by atoms with van der Waals surface area (Å²) in [6, 6.07) is 7.02. The highest BCUT2D eigenvalue weighted by Crippen LogP contribution is 2.54. The fourth-order valence-corrected chi connectivity index (χ4v) is 6.63. The second-order valence-electron chi connectivity index (χ2n) is 10.2. The van der Waals surface area contributed by atoms with Crippen LogP contribution in [-0.2, 0) is 9.53 Å². The summed E-state index contributed by atoms with van der Waals surface area (Å²) in [5, 5.41) is 0. The SMILES string of the molecule is CC1=C2C[C@@H]3[C@H](C[NH+]4CCN(c5ccccc5F)CC4)C(=O)O[C@@H]3C[C@@]2(C)CCC1. The van der Waals surface area contributed by atoms with Gasteiger partial charge in [0.2, 0.25) is 0 Å². The summed E-state index contributed by atoms with van der Waals surface area (Å²) in [4.78, 5) is 16.4. The molecular formula is C25H34FN2O2+. The van der Waals surface area contributed by atoms with Crippen molar-refractivity contribution in [3.8, 4) is 0 Å². The summed E-state index contributed by atoms with van der Waals surface area (Å²) in [5.74, 6) is 0.224. The number of allylic oxidation sites excluding steroid dienone is 2. The van der Waals surface area contributed by atoms with Gasteiger partial charge in [0.25, 0.3) is 0 Å². The number of halogens is 1. The molecule has 4 nitrogen and oxygen atoms in total. The van der Waals surface area contributed by atoms with Gasteiger partial charge in [0.1, 0.15) is 17.8 Å². The van der Waals surface area contributed by atoms with E-state index < -0.39 is 0 Å². The number of para-hydroxylation sites is 1. The number of hydrogen-bond acceptors (Lipinski definition) is 3. The summed E-state index contributed by atoms with van der Waals surface area (Å²) < 4.78 is 20.1. The van der Waals surface area contributed by atoms with E-state index in [1.54, 1.807) is 17.2 Å². The molecule has 0 bridgehead atoms. The van der Waals surface area contributed by atoms with Crippen LogP contribution >= 0.6 is 0 Å². The van der Waals surface area contributed by atoms with Crippen molar-refractivity contribution in [3.63, 3.8) is 0 Å². The molecule has 30 heavy (non-hydrogen) atoms. The van der Waals surface area contributed by atoms with E-state index >= 15 is 0 Å². The Kier molecular flexibility index (Phi) is 5.12. The van der Waals surface area contributed by atoms with Gasteiger partial charge >= 0.3 is 5.97 Å². The average Bonchev–Trinajstić information content (AvgIpc) is 3.01. The summed E-state index contributed by atoms with van der Waals surface area (Å²) in [6.45, 7) is 9.07. The minimum atomic E-state index is -0.149. The minimum Gasteiger partial charge on any atom is -0.462 e. The molecule has 2 heterocycles. The van der Waals surface area contributed by atoms with Crippen LogP contribution in [-0.4, -0.2) is 44.8 Å². The van der Waals surface area contributed by atoms with Gasteiger partial charge in [-0.1, -0.05) is 30.2 Å². The molecule has 5 rings (SSSR count). The summed E-state index contributed by atoms with van der Waals surface area (Å²) >= 11 is 0. The van der Waals surface area contributed by atoms with E-state index in [9.17, 15) is 9.18 Å². The Labute approximate surface area is 179 Å². The fourth-order valence-electron chi connectivity index (χ4n) is 6.63. The number of carbonyl (C=O) groups excluding carboxylic acids is 1. The first-order chi connectivity index (χ1) is 14.4. The van der Waals surface area contributed by atoms with E-state index in [-0.39, 0.29) is 29.2 Å². The number of fused-ring (bicyclic) bond motifs is 2. The van der Waals surface area contributed by atoms with Crippen molar-refractivity contribution >= 4 is 11.7 Å². The van der Waals surface area contributed by atoms with E-state index in [0.717, 1.165) is 45.6 Å². The maximum Gasteiger partial charge on any atom is 0.315 e. The molecule has 2 aliphatic carbocycles. The first-order valence-corrected chi connectivity index (χ1v) is 11.7. The summed E-state index contributed by atoms with van der Waals surface area (Å²) in [6.07, 6.45) is 5.85. The molecule has 0 amide bonds. The standard InChI is InChI=1S/C25H33FN2O2/c1-17-6-5-9-25(2)15-23-18(14-20(17)25)19(24(29)30-23)16-27-10-12-28(13-11-27)22-8-4-3-7-21(22)26/h3-4,7-8,18-19,23H,5-6,9-16H2,1-2H3/p+1/t18-,19+,23-,25-/m1/s1. The molecular weight excluding hydrogens is 379 g/mol. The number of hydrogen-bond donors (Lipinski definition) is 1. The van der Waals surface area contributed by atoms with Gasteiger partial charge in [-0.2, -0.15) is 0 Å². The number of piperazine rings is 1. The monoisotopic (exact) mass is 413 g/mol. The molecule has 1 N–H and O–H groups in total. The smallest absolute Gasteiger partial charge is 0.315 e. The highest BCUT2D eigenvalue weighted by Gasteiger charge is 2.54. The maximum absolute atomic E-state index is 14.1. The largest absolute Gasteiger partial charge is 0.462 e. The first kappa shape index (κ1) is 20.0. The molecule has 5 heteroatoms. The number of benzene rings is 1. The van der Waals surface area contributed by atoms with Crippen LogP contribution in [0, 0.1) is 23.1 Å². The number of ether oxygens (including phenoxy) is 1. The highest BCUT2D eigenvalue weighted by molar-refractivity contribution is 5.75. The van der Waals surface area contributed by atoms with Gasteiger partial charge in [0.15, 0.2) is 0 Å². The number of esters is 1. The molecule has 0 radical (unpaired) electrons. The first-order valence-electron chi connectivity index (χ1n) is 11.7. The Hall–Kier alpha value is -1.88. The molecule has 1 aromatic rings. The Morgan fingerprint density at radius 1 is 1.27 bits per heavy atom. The Balaban J connectivity index is 1.25. The van der Waals surface area contributed by atoms with Crippen LogP contribution in [0.5, 0.6) is 0 Å². The van der Waals surface area contributed by atoms with Crippen LogP contribution in [0.15, 0.2) is 35.4 Å². The van der Waals surface area contributed by atoms with Crippen molar-refractivity contribution in [1.29, 1.82) is 0 Å². The molecule has 162 valence electrons. The lowest BCUT2D eigenvalue weighted by molar-refractivity contribution is -0.903. The third-order valence-corrected chi connectivity index (χ3v) is 8.35. The van der Waals surface area contributed by atoms with E-state index in [1.165, 1.54) is 30.2 Å². The van der Waals surface area contributed by atoms with Gasteiger partial charge in [-0.15, -0.1) is 0 Å². The van der Waals surface area contributed by atoms with E-state index in [4.69, 9.17) is 4.74 Å². The molecule has 0 aromatic heterocycles. The normalized spacial score (nSPS) is 34.6. The maximum atomic E-state index is 14.1. The van der Waals surface area contributed by atoms with Crippen molar-refractivity contribution in [3.05, 3.63) is 41.2 Å². The van der Waals surface area contributed by atoms with Crippen LogP contribution in [0.1, 0.15) is 46.0 Å². The van der Waals surface area contributed by atoms with Crippen molar-refractivity contribution in [2.45, 2.75) is 52.1 Å². The van der Waals surface area contributed by atoms with Crippen LogP contribution in [0.4, 0.5) is 10.1 Å². The molecule has 4 aliphatic rings. The minimum absolute atomic E-state index is 0.0109. The van der Waals surface area contributed by atoms with Crippen molar-refractivity contribution in [2.75, 3.05) is 37.6 Å². The lowest BCUT2D eigenvalue weighted by atomic mass is 9.59. The fraction of sp³-hybridized carbons (Fsp3) is 0.640. The molecule has 0 unspecified atom stereocenters. The molecule has 1 saturated carbocycles. The van der Waals surface area contributed by atoms with Crippen molar-refractivity contribution in [1.82, 2.24) is 0 Å². The number of quaternary nitrogens is 1. The van der Waals surface area contributed by atoms with Gasteiger partial charge < -0.3 is 14.5 Å². The molecule has 2 aliphatic heterocycles. The summed E-state index contributed by atoms with van der Waals surface area (Å²) in [7, 11) is 0. The van der Waals surface area contributed by atoms with Crippen LogP contribution in [0.25, 0.3) is 0 Å². The lowest BCUT2D eigenvalue weighted by Gasteiger charge is -2.45. The van der Waals surface area contributed by atoms with Gasteiger partial charge in [-0.25, -0.2) is 4.39 Å². The van der Waals surface area contributed by atoms with Crippen molar-refractivity contribution in [2.24, 2.45) is 17.3 Å². The second kappa shape index (κ2) is 7.67. The Bertz CT molecular complexity index is 860. The van der Waals surface area contributed by atoms with Crippen LogP contribution in [0.2, 0.25) is 0 Å². The van der Waals surface area contributed by atoms with Gasteiger partial charge in [0.05, 0.1) is 38.4 Å². The predicted octanol–water partition coefficient (Wildman–Crippen LogP) is 2.99.